The van der Waals surface area contributed by atoms with Crippen molar-refractivity contribution in [2.45, 2.75) is 20.3 Å². The molecule has 2 atom stereocenters. The Morgan fingerprint density at radius 3 is 2.14 bits per heavy atom. The average molecular weight is 543 g/mol. The summed E-state index contributed by atoms with van der Waals surface area (Å²) in [4.78, 5) is 23.3. The molecule has 8 heteroatoms. The second-order valence-corrected chi connectivity index (χ2v) is 10.8. The number of alkyl halides is 1. The average Bonchev–Trinajstić information content (AvgIpc) is 2.45. The molecule has 0 saturated carbocycles. The van der Waals surface area contributed by atoms with Gasteiger partial charge in [0.2, 0.25) is 0 Å². The summed E-state index contributed by atoms with van der Waals surface area (Å²) in [6, 6.07) is 0. The Bertz CT molecular complexity index is 337. The molecule has 0 heterocycles. The SMILES string of the molecule is CCC[N+](C)(CC[N+](C)(CC(=O)OC)[I-]CC)CC(=O)OI. The van der Waals surface area contributed by atoms with Gasteiger partial charge in [0.25, 0.3) is 0 Å². The second kappa shape index (κ2) is 11.0. The number of hydrogen-bond donors (Lipinski definition) is 0. The van der Waals surface area contributed by atoms with Gasteiger partial charge in [-0.2, -0.15) is 0 Å². The monoisotopic (exact) mass is 543 g/mol. The summed E-state index contributed by atoms with van der Waals surface area (Å²) in [6.45, 7) is 7.73. The molecule has 0 aliphatic rings. The number of likely N-dealkylation sites (N-methyl/N-ethyl adjacent to an activating group) is 2. The standard InChI is InChI=1S/C14H29I2N2O4/c1-6-8-17(3,11-14(20)22-15)9-10-18(4,16-7-2)12-13(19)21-5/h6-12H2,1-5H3/q+1. The quantitative estimate of drug-likeness (QED) is 0.104. The fraction of sp³-hybridized carbons (Fsp3) is 0.857. The first-order valence-corrected chi connectivity index (χ1v) is 10.8. The second-order valence-electron chi connectivity index (χ2n) is 5.78. The molecule has 0 aliphatic carbocycles. The van der Waals surface area contributed by atoms with Crippen molar-refractivity contribution in [1.82, 2.24) is 0 Å². The Balaban J connectivity index is 4.87. The molecule has 0 aromatic rings. The van der Waals surface area contributed by atoms with E-state index < -0.39 is 0 Å². The van der Waals surface area contributed by atoms with Crippen LogP contribution in [-0.2, 0) is 17.4 Å². The number of hydrogen-bond acceptors (Lipinski definition) is 4. The number of esters is 1. The first-order valence-electron chi connectivity index (χ1n) is 7.41. The normalized spacial score (nSPS) is 16.6. The third-order valence-corrected chi connectivity index (χ3v) is 7.21. The van der Waals surface area contributed by atoms with Gasteiger partial charge in [0.1, 0.15) is 0 Å². The molecule has 0 spiro atoms. The molecule has 0 bridgehead atoms. The molecule has 0 amide bonds. The van der Waals surface area contributed by atoms with Crippen LogP contribution in [0.5, 0.6) is 0 Å². The Hall–Kier alpha value is 0.320. The minimum absolute atomic E-state index is 0.142. The van der Waals surface area contributed by atoms with Gasteiger partial charge in [0, 0.05) is 0 Å². The summed E-state index contributed by atoms with van der Waals surface area (Å²) < 4.78 is 12.1. The van der Waals surface area contributed by atoms with Gasteiger partial charge in [-0.3, -0.25) is 0 Å². The van der Waals surface area contributed by atoms with E-state index in [1.807, 2.05) is 0 Å². The fourth-order valence-electron chi connectivity index (χ4n) is 2.40. The van der Waals surface area contributed by atoms with Crippen LogP contribution in [0, 0.1) is 0 Å². The maximum absolute atomic E-state index is 11.7. The summed E-state index contributed by atoms with van der Waals surface area (Å²) >= 11 is 1.50. The number of ether oxygens (including phenoxy) is 1. The number of carbonyl (C=O) groups excluding carboxylic acids is 2. The zero-order valence-electron chi connectivity index (χ0n) is 14.2. The van der Waals surface area contributed by atoms with Crippen LogP contribution in [0.25, 0.3) is 0 Å². The Morgan fingerprint density at radius 1 is 1.05 bits per heavy atom. The van der Waals surface area contributed by atoms with E-state index in [1.165, 1.54) is 7.11 Å². The number of quaternary nitrogens is 2. The molecule has 132 valence electrons. The molecule has 0 rings (SSSR count). The molecule has 0 aromatic heterocycles. The molecule has 0 N–H and O–H groups in total. The van der Waals surface area contributed by atoms with Crippen molar-refractivity contribution in [3.05, 3.63) is 0 Å². The number of methoxy groups -OCH3 is 1. The van der Waals surface area contributed by atoms with Crippen molar-refractivity contribution in [2.75, 3.05) is 58.4 Å². The van der Waals surface area contributed by atoms with Crippen LogP contribution in [0.3, 0.4) is 0 Å². The van der Waals surface area contributed by atoms with Gasteiger partial charge < -0.3 is 0 Å². The Labute approximate surface area is 159 Å². The van der Waals surface area contributed by atoms with E-state index in [-0.39, 0.29) is 33.4 Å². The predicted molar refractivity (Wildman–Crippen MR) is 89.7 cm³/mol. The molecule has 0 aromatic carbocycles. The van der Waals surface area contributed by atoms with E-state index in [1.54, 1.807) is 23.0 Å². The Morgan fingerprint density at radius 2 is 1.68 bits per heavy atom. The summed E-state index contributed by atoms with van der Waals surface area (Å²) in [5.41, 5.74) is 0. The van der Waals surface area contributed by atoms with E-state index in [9.17, 15) is 9.59 Å². The van der Waals surface area contributed by atoms with E-state index >= 15 is 0 Å². The molecular formula is C14H29I2N2O4+. The van der Waals surface area contributed by atoms with Crippen LogP contribution in [0.4, 0.5) is 0 Å². The maximum atomic E-state index is 11.7. The van der Waals surface area contributed by atoms with Crippen LogP contribution in [0.1, 0.15) is 20.3 Å². The fourth-order valence-corrected chi connectivity index (χ4v) is 5.26. The van der Waals surface area contributed by atoms with E-state index in [0.29, 0.717) is 17.6 Å². The molecule has 2 unspecified atom stereocenters. The van der Waals surface area contributed by atoms with Crippen LogP contribution in [0.15, 0.2) is 0 Å². The summed E-state index contributed by atoms with van der Waals surface area (Å²) in [5.74, 6) is -0.351. The number of halogens is 2. The first kappa shape index (κ1) is 22.3. The van der Waals surface area contributed by atoms with Crippen molar-refractivity contribution in [1.29, 1.82) is 0 Å². The van der Waals surface area contributed by atoms with Gasteiger partial charge in [0.05, 0.1) is 0 Å². The van der Waals surface area contributed by atoms with Gasteiger partial charge in [-0.05, 0) is 0 Å². The van der Waals surface area contributed by atoms with Crippen molar-refractivity contribution < 1.29 is 46.1 Å². The Kier molecular flexibility index (Phi) is 11.1. The summed E-state index contributed by atoms with van der Waals surface area (Å²) in [5, 5.41) is 0. The van der Waals surface area contributed by atoms with Crippen molar-refractivity contribution in [3.63, 3.8) is 0 Å². The van der Waals surface area contributed by atoms with E-state index in [4.69, 9.17) is 7.80 Å². The molecule has 0 aliphatic heterocycles. The van der Waals surface area contributed by atoms with Crippen LogP contribution < -0.4 is 21.5 Å². The van der Waals surface area contributed by atoms with E-state index in [0.717, 1.165) is 33.2 Å². The zero-order valence-corrected chi connectivity index (χ0v) is 18.5. The predicted octanol–water partition coefficient (Wildman–Crippen LogP) is -1.62. The number of rotatable bonds is 11. The topological polar surface area (TPSA) is 52.6 Å². The van der Waals surface area contributed by atoms with Crippen LogP contribution in [0.2, 0.25) is 0 Å². The number of carbonyl (C=O) groups is 2. The third-order valence-electron chi connectivity index (χ3n) is 3.56. The van der Waals surface area contributed by atoms with E-state index in [2.05, 4.69) is 27.9 Å². The van der Waals surface area contributed by atoms with Crippen molar-refractivity contribution in [2.24, 2.45) is 0 Å². The van der Waals surface area contributed by atoms with Crippen molar-refractivity contribution in [3.8, 4) is 0 Å². The molecule has 0 radical (unpaired) electrons. The summed E-state index contributed by atoms with van der Waals surface area (Å²) in [6.07, 6.45) is 1.01. The van der Waals surface area contributed by atoms with Gasteiger partial charge in [-0.25, -0.2) is 0 Å². The van der Waals surface area contributed by atoms with Crippen LogP contribution >= 0.6 is 23.0 Å². The first-order chi connectivity index (χ1) is 10.2. The molecular weight excluding hydrogens is 514 g/mol. The van der Waals surface area contributed by atoms with Gasteiger partial charge in [0.15, 0.2) is 0 Å². The molecule has 0 saturated heterocycles. The molecule has 0 fully saturated rings. The number of nitrogens with zero attached hydrogens (tertiary/aromatic N) is 2. The minimum atomic E-state index is -0.191. The van der Waals surface area contributed by atoms with Gasteiger partial charge >= 0.3 is 160 Å². The third kappa shape index (κ3) is 8.82. The van der Waals surface area contributed by atoms with Crippen LogP contribution in [-0.4, -0.2) is 77.5 Å². The summed E-state index contributed by atoms with van der Waals surface area (Å²) in [7, 11) is 5.65. The zero-order chi connectivity index (χ0) is 17.2. The van der Waals surface area contributed by atoms with Gasteiger partial charge in [-0.15, -0.1) is 0 Å². The van der Waals surface area contributed by atoms with Crippen molar-refractivity contribution >= 4 is 34.9 Å². The van der Waals surface area contributed by atoms with Gasteiger partial charge in [-0.1, -0.05) is 0 Å². The molecule has 22 heavy (non-hydrogen) atoms. The molecule has 6 nitrogen and oxygen atoms in total.